The van der Waals surface area contributed by atoms with Gasteiger partial charge in [0.1, 0.15) is 5.38 Å². The Morgan fingerprint density at radius 1 is 1.44 bits per heavy atom. The van der Waals surface area contributed by atoms with Gasteiger partial charge in [0.2, 0.25) is 5.91 Å². The monoisotopic (exact) mass is 255 g/mol. The average Bonchev–Trinajstić information content (AvgIpc) is 2.82. The molecule has 0 aromatic heterocycles. The van der Waals surface area contributed by atoms with Gasteiger partial charge in [-0.15, -0.1) is 11.6 Å². The van der Waals surface area contributed by atoms with Crippen molar-refractivity contribution in [1.29, 1.82) is 0 Å². The maximum Gasteiger partial charge on any atom is 0.242 e. The van der Waals surface area contributed by atoms with Crippen LogP contribution in [0.1, 0.15) is 17.4 Å². The molecule has 1 aliphatic heterocycles. The second-order valence-corrected chi connectivity index (χ2v) is 5.43. The SMILES string of the molecule is O=C(NC1CCSC1)C(Cl)c1ccccc1. The number of amides is 1. The molecule has 1 aliphatic rings. The molecule has 2 atom stereocenters. The first kappa shape index (κ1) is 11.8. The van der Waals surface area contributed by atoms with Gasteiger partial charge in [0.05, 0.1) is 0 Å². The highest BCUT2D eigenvalue weighted by Gasteiger charge is 2.22. The summed E-state index contributed by atoms with van der Waals surface area (Å²) in [6.07, 6.45) is 1.05. The van der Waals surface area contributed by atoms with Crippen molar-refractivity contribution >= 4 is 29.3 Å². The first-order chi connectivity index (χ1) is 7.77. The number of carbonyl (C=O) groups is 1. The van der Waals surface area contributed by atoms with Crippen LogP contribution in [0.2, 0.25) is 0 Å². The fraction of sp³-hybridized carbons (Fsp3) is 0.417. The van der Waals surface area contributed by atoms with Crippen molar-refractivity contribution in [1.82, 2.24) is 5.32 Å². The van der Waals surface area contributed by atoms with E-state index in [4.69, 9.17) is 11.6 Å². The third-order valence-electron chi connectivity index (χ3n) is 2.60. The van der Waals surface area contributed by atoms with Crippen LogP contribution in [0.3, 0.4) is 0 Å². The predicted octanol–water partition coefficient (Wildman–Crippen LogP) is 2.59. The quantitative estimate of drug-likeness (QED) is 0.842. The summed E-state index contributed by atoms with van der Waals surface area (Å²) in [4.78, 5) is 11.8. The fourth-order valence-electron chi connectivity index (χ4n) is 1.70. The third-order valence-corrected chi connectivity index (χ3v) is 4.21. The van der Waals surface area contributed by atoms with E-state index in [0.29, 0.717) is 6.04 Å². The molecule has 1 aromatic rings. The molecule has 4 heteroatoms. The molecule has 1 amide bonds. The number of halogens is 1. The fourth-order valence-corrected chi connectivity index (χ4v) is 3.06. The predicted molar refractivity (Wildman–Crippen MR) is 68.9 cm³/mol. The number of benzene rings is 1. The molecule has 2 unspecified atom stereocenters. The van der Waals surface area contributed by atoms with Crippen molar-refractivity contribution in [2.45, 2.75) is 17.8 Å². The van der Waals surface area contributed by atoms with Crippen molar-refractivity contribution in [2.75, 3.05) is 11.5 Å². The molecule has 86 valence electrons. The first-order valence-corrected chi connectivity index (χ1v) is 6.93. The summed E-state index contributed by atoms with van der Waals surface area (Å²) in [6, 6.07) is 9.75. The van der Waals surface area contributed by atoms with Crippen LogP contribution in [0.4, 0.5) is 0 Å². The Kier molecular flexibility index (Phi) is 4.13. The molecule has 0 spiro atoms. The van der Waals surface area contributed by atoms with Gasteiger partial charge in [-0.3, -0.25) is 4.79 Å². The normalized spacial score (nSPS) is 21.7. The Morgan fingerprint density at radius 3 is 2.81 bits per heavy atom. The van der Waals surface area contributed by atoms with Crippen molar-refractivity contribution in [3.8, 4) is 0 Å². The topological polar surface area (TPSA) is 29.1 Å². The Morgan fingerprint density at radius 2 is 2.19 bits per heavy atom. The van der Waals surface area contributed by atoms with Gasteiger partial charge in [-0.2, -0.15) is 11.8 Å². The number of thioether (sulfide) groups is 1. The zero-order chi connectivity index (χ0) is 11.4. The van der Waals surface area contributed by atoms with E-state index in [1.807, 2.05) is 42.1 Å². The number of rotatable bonds is 3. The van der Waals surface area contributed by atoms with E-state index >= 15 is 0 Å². The lowest BCUT2D eigenvalue weighted by Gasteiger charge is -2.14. The molecule has 1 aromatic carbocycles. The van der Waals surface area contributed by atoms with Crippen LogP contribution in [0, 0.1) is 0 Å². The Hall–Kier alpha value is -0.670. The highest BCUT2D eigenvalue weighted by molar-refractivity contribution is 7.99. The van der Waals surface area contributed by atoms with Crippen LogP contribution >= 0.6 is 23.4 Å². The number of nitrogens with one attached hydrogen (secondary N) is 1. The Bertz CT molecular complexity index is 351. The van der Waals surface area contributed by atoms with Gasteiger partial charge in [0.15, 0.2) is 0 Å². The van der Waals surface area contributed by atoms with E-state index in [9.17, 15) is 4.79 Å². The molecule has 2 rings (SSSR count). The van der Waals surface area contributed by atoms with Crippen LogP contribution in [0.5, 0.6) is 0 Å². The number of hydrogen-bond donors (Lipinski definition) is 1. The van der Waals surface area contributed by atoms with Gasteiger partial charge < -0.3 is 5.32 Å². The zero-order valence-corrected chi connectivity index (χ0v) is 10.4. The molecule has 16 heavy (non-hydrogen) atoms. The Labute approximate surface area is 105 Å². The van der Waals surface area contributed by atoms with E-state index in [1.165, 1.54) is 0 Å². The lowest BCUT2D eigenvalue weighted by Crippen LogP contribution is -2.36. The first-order valence-electron chi connectivity index (χ1n) is 5.34. The summed E-state index contributed by atoms with van der Waals surface area (Å²) < 4.78 is 0. The molecular weight excluding hydrogens is 242 g/mol. The van der Waals surface area contributed by atoms with E-state index in [-0.39, 0.29) is 5.91 Å². The molecular formula is C12H14ClNOS. The minimum absolute atomic E-state index is 0.0830. The van der Waals surface area contributed by atoms with E-state index < -0.39 is 5.38 Å². The minimum atomic E-state index is -0.577. The smallest absolute Gasteiger partial charge is 0.242 e. The molecule has 0 aliphatic carbocycles. The molecule has 1 N–H and O–H groups in total. The highest BCUT2D eigenvalue weighted by Crippen LogP contribution is 2.22. The van der Waals surface area contributed by atoms with Crippen LogP contribution in [0.25, 0.3) is 0 Å². The van der Waals surface area contributed by atoms with E-state index in [1.54, 1.807) is 0 Å². The molecule has 2 nitrogen and oxygen atoms in total. The van der Waals surface area contributed by atoms with Crippen LogP contribution in [-0.2, 0) is 4.79 Å². The molecule has 0 radical (unpaired) electrons. The van der Waals surface area contributed by atoms with Crippen molar-refractivity contribution < 1.29 is 4.79 Å². The van der Waals surface area contributed by atoms with Crippen molar-refractivity contribution in [3.63, 3.8) is 0 Å². The summed E-state index contributed by atoms with van der Waals surface area (Å²) >= 11 is 7.99. The van der Waals surface area contributed by atoms with Gasteiger partial charge in [0, 0.05) is 11.8 Å². The minimum Gasteiger partial charge on any atom is -0.351 e. The lowest BCUT2D eigenvalue weighted by molar-refractivity contribution is -0.121. The number of alkyl halides is 1. The highest BCUT2D eigenvalue weighted by atomic mass is 35.5. The summed E-state index contributed by atoms with van der Waals surface area (Å²) in [5.41, 5.74) is 0.854. The van der Waals surface area contributed by atoms with Gasteiger partial charge in [-0.05, 0) is 17.7 Å². The summed E-state index contributed by atoms with van der Waals surface area (Å²) in [5.74, 6) is 2.05. The van der Waals surface area contributed by atoms with Gasteiger partial charge in [-0.1, -0.05) is 30.3 Å². The molecule has 1 saturated heterocycles. The van der Waals surface area contributed by atoms with Crippen LogP contribution in [-0.4, -0.2) is 23.5 Å². The second-order valence-electron chi connectivity index (χ2n) is 3.84. The Balaban J connectivity index is 1.94. The third kappa shape index (κ3) is 2.92. The maximum absolute atomic E-state index is 11.8. The van der Waals surface area contributed by atoms with Gasteiger partial charge in [0.25, 0.3) is 0 Å². The average molecular weight is 256 g/mol. The maximum atomic E-state index is 11.8. The molecule has 1 heterocycles. The molecule has 0 bridgehead atoms. The summed E-state index contributed by atoms with van der Waals surface area (Å²) in [5, 5.41) is 2.41. The van der Waals surface area contributed by atoms with Crippen LogP contribution in [0.15, 0.2) is 30.3 Å². The van der Waals surface area contributed by atoms with Crippen molar-refractivity contribution in [2.24, 2.45) is 0 Å². The standard InChI is InChI=1S/C12H14ClNOS/c13-11(9-4-2-1-3-5-9)12(15)14-10-6-7-16-8-10/h1-5,10-11H,6-8H2,(H,14,15). The van der Waals surface area contributed by atoms with E-state index in [2.05, 4.69) is 5.32 Å². The zero-order valence-electron chi connectivity index (χ0n) is 8.86. The van der Waals surface area contributed by atoms with Crippen LogP contribution < -0.4 is 5.32 Å². The van der Waals surface area contributed by atoms with Gasteiger partial charge in [-0.25, -0.2) is 0 Å². The molecule has 0 saturated carbocycles. The summed E-state index contributed by atoms with van der Waals surface area (Å²) in [6.45, 7) is 0. The lowest BCUT2D eigenvalue weighted by atomic mass is 10.1. The van der Waals surface area contributed by atoms with E-state index in [0.717, 1.165) is 23.5 Å². The van der Waals surface area contributed by atoms with Gasteiger partial charge >= 0.3 is 0 Å². The number of hydrogen-bond acceptors (Lipinski definition) is 2. The van der Waals surface area contributed by atoms with Crippen molar-refractivity contribution in [3.05, 3.63) is 35.9 Å². The second kappa shape index (κ2) is 5.60. The molecule has 1 fully saturated rings. The largest absolute Gasteiger partial charge is 0.351 e. The number of carbonyl (C=O) groups excluding carboxylic acids is 1. The summed E-state index contributed by atoms with van der Waals surface area (Å²) in [7, 11) is 0.